The third-order valence-electron chi connectivity index (χ3n) is 4.24. The minimum atomic E-state index is -3.12. The molecule has 0 aromatic rings. The summed E-state index contributed by atoms with van der Waals surface area (Å²) < 4.78 is 26.5. The van der Waals surface area contributed by atoms with Crippen molar-refractivity contribution in [2.45, 2.75) is 68.0 Å². The molecule has 2 unspecified atom stereocenters. The molecule has 2 saturated carbocycles. The van der Waals surface area contributed by atoms with Gasteiger partial charge >= 0.3 is 0 Å². The van der Waals surface area contributed by atoms with Gasteiger partial charge in [-0.05, 0) is 25.7 Å². The smallest absolute Gasteiger partial charge is 0.212 e. The molecule has 2 rings (SSSR count). The fourth-order valence-electron chi connectivity index (χ4n) is 3.09. The SMILES string of the molecule is CN(C1CCCCC1Cl)S(=O)(=O)C1CCCC1. The van der Waals surface area contributed by atoms with E-state index in [0.29, 0.717) is 0 Å². The number of rotatable bonds is 3. The van der Waals surface area contributed by atoms with Crippen molar-refractivity contribution in [2.24, 2.45) is 0 Å². The quantitative estimate of drug-likeness (QED) is 0.745. The maximum atomic E-state index is 12.4. The maximum Gasteiger partial charge on any atom is 0.217 e. The van der Waals surface area contributed by atoms with Crippen LogP contribution in [0.1, 0.15) is 51.4 Å². The zero-order valence-corrected chi connectivity index (χ0v) is 12.0. The van der Waals surface area contributed by atoms with Crippen LogP contribution in [0.15, 0.2) is 0 Å². The van der Waals surface area contributed by atoms with Gasteiger partial charge in [0.2, 0.25) is 10.0 Å². The Balaban J connectivity index is 2.09. The summed E-state index contributed by atoms with van der Waals surface area (Å²) in [5.41, 5.74) is 0. The molecular weight excluding hydrogens is 258 g/mol. The van der Waals surface area contributed by atoms with Crippen LogP contribution in [0.5, 0.6) is 0 Å². The number of sulfonamides is 1. The molecule has 17 heavy (non-hydrogen) atoms. The van der Waals surface area contributed by atoms with E-state index in [1.165, 1.54) is 0 Å². The molecule has 0 N–H and O–H groups in total. The first-order valence-electron chi connectivity index (χ1n) is 6.64. The van der Waals surface area contributed by atoms with Gasteiger partial charge in [-0.3, -0.25) is 0 Å². The first-order chi connectivity index (χ1) is 8.03. The van der Waals surface area contributed by atoms with Gasteiger partial charge < -0.3 is 0 Å². The summed E-state index contributed by atoms with van der Waals surface area (Å²) in [7, 11) is -1.40. The van der Waals surface area contributed by atoms with Gasteiger partial charge in [-0.15, -0.1) is 11.6 Å². The third-order valence-corrected chi connectivity index (χ3v) is 7.14. The molecule has 0 bridgehead atoms. The lowest BCUT2D eigenvalue weighted by Gasteiger charge is -2.35. The molecule has 100 valence electrons. The molecule has 2 aliphatic rings. The fraction of sp³-hybridized carbons (Fsp3) is 1.00. The van der Waals surface area contributed by atoms with Crippen molar-refractivity contribution in [3.8, 4) is 0 Å². The Hall–Kier alpha value is 0.200. The predicted octanol–water partition coefficient (Wildman–Crippen LogP) is 2.74. The Morgan fingerprint density at radius 2 is 1.53 bits per heavy atom. The van der Waals surface area contributed by atoms with Crippen molar-refractivity contribution in [3.63, 3.8) is 0 Å². The van der Waals surface area contributed by atoms with Gasteiger partial charge in [0.1, 0.15) is 0 Å². The number of nitrogens with zero attached hydrogens (tertiary/aromatic N) is 1. The Morgan fingerprint density at radius 3 is 2.12 bits per heavy atom. The Kier molecular flexibility index (Phi) is 4.37. The van der Waals surface area contributed by atoms with Crippen LogP contribution in [0.2, 0.25) is 0 Å². The molecule has 0 aliphatic heterocycles. The zero-order chi connectivity index (χ0) is 12.5. The number of alkyl halides is 1. The molecule has 0 aromatic heterocycles. The summed E-state index contributed by atoms with van der Waals surface area (Å²) in [5.74, 6) is 0. The van der Waals surface area contributed by atoms with E-state index in [0.717, 1.165) is 51.4 Å². The van der Waals surface area contributed by atoms with Crippen LogP contribution in [0.4, 0.5) is 0 Å². The van der Waals surface area contributed by atoms with Crippen LogP contribution in [0.25, 0.3) is 0 Å². The molecule has 2 atom stereocenters. The van der Waals surface area contributed by atoms with Gasteiger partial charge in [0.25, 0.3) is 0 Å². The predicted molar refractivity (Wildman–Crippen MR) is 70.8 cm³/mol. The Labute approximate surface area is 110 Å². The van der Waals surface area contributed by atoms with Crippen LogP contribution in [0, 0.1) is 0 Å². The molecule has 3 nitrogen and oxygen atoms in total. The van der Waals surface area contributed by atoms with Crippen LogP contribution < -0.4 is 0 Å². The van der Waals surface area contributed by atoms with E-state index in [2.05, 4.69) is 0 Å². The topological polar surface area (TPSA) is 37.4 Å². The van der Waals surface area contributed by atoms with Crippen LogP contribution in [-0.2, 0) is 10.0 Å². The average Bonchev–Trinajstić information content (AvgIpc) is 2.83. The number of halogens is 1. The second-order valence-electron chi connectivity index (χ2n) is 5.34. The van der Waals surface area contributed by atoms with E-state index in [1.54, 1.807) is 11.4 Å². The first-order valence-corrected chi connectivity index (χ1v) is 8.58. The summed E-state index contributed by atoms with van der Waals surface area (Å²) in [6.45, 7) is 0. The minimum Gasteiger partial charge on any atom is -0.212 e. The van der Waals surface area contributed by atoms with Gasteiger partial charge in [0.15, 0.2) is 0 Å². The molecule has 2 aliphatic carbocycles. The van der Waals surface area contributed by atoms with E-state index in [4.69, 9.17) is 11.6 Å². The van der Waals surface area contributed by atoms with E-state index >= 15 is 0 Å². The summed E-state index contributed by atoms with van der Waals surface area (Å²) >= 11 is 6.28. The van der Waals surface area contributed by atoms with E-state index in [1.807, 2.05) is 0 Å². The molecule has 5 heteroatoms. The van der Waals surface area contributed by atoms with Crippen LogP contribution in [-0.4, -0.2) is 36.4 Å². The van der Waals surface area contributed by atoms with Crippen molar-refractivity contribution >= 4 is 21.6 Å². The lowest BCUT2D eigenvalue weighted by atomic mass is 9.95. The summed E-state index contributed by atoms with van der Waals surface area (Å²) in [4.78, 5) is 0. The minimum absolute atomic E-state index is 0.00933. The summed E-state index contributed by atoms with van der Waals surface area (Å²) in [6, 6.07) is 0.0102. The Bertz CT molecular complexity index is 352. The molecule has 0 saturated heterocycles. The molecule has 2 fully saturated rings. The Morgan fingerprint density at radius 1 is 1.00 bits per heavy atom. The highest BCUT2D eigenvalue weighted by atomic mass is 35.5. The number of hydrogen-bond acceptors (Lipinski definition) is 2. The molecule has 0 aromatic carbocycles. The van der Waals surface area contributed by atoms with Crippen molar-refractivity contribution in [1.29, 1.82) is 0 Å². The lowest BCUT2D eigenvalue weighted by Crippen LogP contribution is -2.47. The maximum absolute atomic E-state index is 12.4. The fourth-order valence-corrected chi connectivity index (χ4v) is 5.63. The summed E-state index contributed by atoms with van der Waals surface area (Å²) in [6.07, 6.45) is 7.83. The second kappa shape index (κ2) is 5.45. The van der Waals surface area contributed by atoms with Crippen molar-refractivity contribution < 1.29 is 8.42 Å². The number of hydrogen-bond donors (Lipinski definition) is 0. The monoisotopic (exact) mass is 279 g/mol. The summed E-state index contributed by atoms with van der Waals surface area (Å²) in [5, 5.41) is -0.164. The molecule has 0 radical (unpaired) electrons. The first kappa shape index (κ1) is 13.6. The van der Waals surface area contributed by atoms with Crippen LogP contribution in [0.3, 0.4) is 0 Å². The van der Waals surface area contributed by atoms with Crippen molar-refractivity contribution in [3.05, 3.63) is 0 Å². The van der Waals surface area contributed by atoms with Gasteiger partial charge in [-0.25, -0.2) is 12.7 Å². The highest BCUT2D eigenvalue weighted by Gasteiger charge is 2.38. The molecular formula is C12H22ClNO2S. The second-order valence-corrected chi connectivity index (χ2v) is 8.17. The lowest BCUT2D eigenvalue weighted by molar-refractivity contribution is 0.288. The highest BCUT2D eigenvalue weighted by molar-refractivity contribution is 7.89. The molecule has 0 heterocycles. The molecule has 0 spiro atoms. The van der Waals surface area contributed by atoms with E-state index in [9.17, 15) is 8.42 Å². The van der Waals surface area contributed by atoms with Gasteiger partial charge in [-0.2, -0.15) is 0 Å². The average molecular weight is 280 g/mol. The van der Waals surface area contributed by atoms with Crippen LogP contribution >= 0.6 is 11.6 Å². The normalized spacial score (nSPS) is 32.2. The van der Waals surface area contributed by atoms with E-state index in [-0.39, 0.29) is 16.7 Å². The van der Waals surface area contributed by atoms with E-state index < -0.39 is 10.0 Å². The zero-order valence-electron chi connectivity index (χ0n) is 10.4. The van der Waals surface area contributed by atoms with Gasteiger partial charge in [0, 0.05) is 13.1 Å². The highest BCUT2D eigenvalue weighted by Crippen LogP contribution is 2.32. The van der Waals surface area contributed by atoms with Gasteiger partial charge in [0.05, 0.1) is 10.6 Å². The standard InChI is InChI=1S/C12H22ClNO2S/c1-14(12-9-5-4-8-11(12)13)17(15,16)10-6-2-3-7-10/h10-12H,2-9H2,1H3. The van der Waals surface area contributed by atoms with Crippen molar-refractivity contribution in [2.75, 3.05) is 7.05 Å². The third kappa shape index (κ3) is 2.79. The largest absolute Gasteiger partial charge is 0.217 e. The molecule has 0 amide bonds. The van der Waals surface area contributed by atoms with Crippen molar-refractivity contribution in [1.82, 2.24) is 4.31 Å². The van der Waals surface area contributed by atoms with Gasteiger partial charge in [-0.1, -0.05) is 25.7 Å².